The highest BCUT2D eigenvalue weighted by Crippen LogP contribution is 2.24. The van der Waals surface area contributed by atoms with E-state index in [2.05, 4.69) is 30.3 Å². The Hall–Kier alpha value is -0.840. The van der Waals surface area contributed by atoms with Gasteiger partial charge in [-0.25, -0.2) is 0 Å². The monoisotopic (exact) mass is 297 g/mol. The summed E-state index contributed by atoms with van der Waals surface area (Å²) in [6, 6.07) is 4.49. The van der Waals surface area contributed by atoms with Crippen LogP contribution in [0.1, 0.15) is 21.8 Å². The van der Waals surface area contributed by atoms with E-state index >= 15 is 0 Å². The lowest BCUT2D eigenvalue weighted by molar-refractivity contribution is 0.557. The SMILES string of the molecule is CNC(Cc1ccc(Cl)s1)Cc1c(C)nn(C)c1C. The van der Waals surface area contributed by atoms with Crippen LogP contribution >= 0.6 is 22.9 Å². The Morgan fingerprint density at radius 1 is 1.37 bits per heavy atom. The highest BCUT2D eigenvalue weighted by Gasteiger charge is 2.16. The lowest BCUT2D eigenvalue weighted by atomic mass is 10.0. The van der Waals surface area contributed by atoms with Crippen LogP contribution in [0.4, 0.5) is 0 Å². The van der Waals surface area contributed by atoms with Crippen molar-refractivity contribution in [1.82, 2.24) is 15.1 Å². The molecule has 104 valence electrons. The molecule has 0 aromatic carbocycles. The third-order valence-electron chi connectivity index (χ3n) is 3.59. The molecular formula is C14H20ClN3S. The Morgan fingerprint density at radius 3 is 2.58 bits per heavy atom. The molecule has 2 aromatic rings. The first-order valence-electron chi connectivity index (χ1n) is 6.41. The van der Waals surface area contributed by atoms with Gasteiger partial charge in [-0.2, -0.15) is 5.10 Å². The predicted molar refractivity (Wildman–Crippen MR) is 82.3 cm³/mol. The van der Waals surface area contributed by atoms with Gasteiger partial charge in [0, 0.05) is 23.7 Å². The third-order valence-corrected chi connectivity index (χ3v) is 4.85. The van der Waals surface area contributed by atoms with Gasteiger partial charge in [-0.15, -0.1) is 11.3 Å². The second-order valence-electron chi connectivity index (χ2n) is 4.87. The fraction of sp³-hybridized carbons (Fsp3) is 0.500. The Balaban J connectivity index is 2.10. The normalized spacial score (nSPS) is 12.9. The maximum atomic E-state index is 5.99. The summed E-state index contributed by atoms with van der Waals surface area (Å²) in [7, 11) is 4.01. The van der Waals surface area contributed by atoms with Crippen LogP contribution < -0.4 is 5.32 Å². The number of aryl methyl sites for hydroxylation is 2. The Labute approximate surface area is 123 Å². The maximum absolute atomic E-state index is 5.99. The fourth-order valence-corrected chi connectivity index (χ4v) is 3.51. The van der Waals surface area contributed by atoms with Crippen molar-refractivity contribution in [3.63, 3.8) is 0 Å². The fourth-order valence-electron chi connectivity index (χ4n) is 2.34. The van der Waals surface area contributed by atoms with Crippen molar-refractivity contribution in [2.24, 2.45) is 7.05 Å². The van der Waals surface area contributed by atoms with Gasteiger partial charge in [-0.3, -0.25) is 4.68 Å². The number of nitrogens with one attached hydrogen (secondary N) is 1. The summed E-state index contributed by atoms with van der Waals surface area (Å²) in [6.45, 7) is 4.21. The van der Waals surface area contributed by atoms with Gasteiger partial charge in [-0.05, 0) is 51.4 Å². The molecule has 3 nitrogen and oxygen atoms in total. The molecule has 2 rings (SSSR count). The largest absolute Gasteiger partial charge is 0.316 e. The minimum atomic E-state index is 0.413. The van der Waals surface area contributed by atoms with E-state index in [9.17, 15) is 0 Å². The molecular weight excluding hydrogens is 278 g/mol. The van der Waals surface area contributed by atoms with Gasteiger partial charge in [-0.1, -0.05) is 11.6 Å². The molecule has 0 saturated carbocycles. The Bertz CT molecular complexity index is 559. The van der Waals surface area contributed by atoms with Gasteiger partial charge in [0.05, 0.1) is 10.0 Å². The zero-order valence-corrected chi connectivity index (χ0v) is 13.4. The second kappa shape index (κ2) is 6.07. The van der Waals surface area contributed by atoms with E-state index in [4.69, 9.17) is 11.6 Å². The van der Waals surface area contributed by atoms with E-state index in [0.29, 0.717) is 6.04 Å². The molecule has 0 aliphatic rings. The average Bonchev–Trinajstić information content (AvgIpc) is 2.87. The topological polar surface area (TPSA) is 29.9 Å². The van der Waals surface area contributed by atoms with E-state index in [1.165, 1.54) is 16.1 Å². The number of hydrogen-bond acceptors (Lipinski definition) is 3. The minimum absolute atomic E-state index is 0.413. The summed E-state index contributed by atoms with van der Waals surface area (Å²) < 4.78 is 2.82. The van der Waals surface area contributed by atoms with E-state index in [1.807, 2.05) is 24.8 Å². The van der Waals surface area contributed by atoms with Gasteiger partial charge in [0.2, 0.25) is 0 Å². The highest BCUT2D eigenvalue weighted by molar-refractivity contribution is 7.16. The van der Waals surface area contributed by atoms with Crippen LogP contribution in [0, 0.1) is 13.8 Å². The van der Waals surface area contributed by atoms with Crippen molar-refractivity contribution in [1.29, 1.82) is 0 Å². The lowest BCUT2D eigenvalue weighted by Gasteiger charge is -2.15. The summed E-state index contributed by atoms with van der Waals surface area (Å²) in [6.07, 6.45) is 2.00. The van der Waals surface area contributed by atoms with E-state index in [1.54, 1.807) is 11.3 Å². The first kappa shape index (κ1) is 14.6. The Morgan fingerprint density at radius 2 is 2.11 bits per heavy atom. The van der Waals surface area contributed by atoms with Crippen LogP contribution in [0.5, 0.6) is 0 Å². The number of hydrogen-bond donors (Lipinski definition) is 1. The molecule has 5 heteroatoms. The molecule has 0 radical (unpaired) electrons. The molecule has 0 amide bonds. The molecule has 0 fully saturated rings. The molecule has 2 heterocycles. The van der Waals surface area contributed by atoms with Gasteiger partial charge in [0.1, 0.15) is 0 Å². The van der Waals surface area contributed by atoms with Crippen molar-refractivity contribution in [2.45, 2.75) is 32.7 Å². The summed E-state index contributed by atoms with van der Waals surface area (Å²) in [5.74, 6) is 0. The predicted octanol–water partition coefficient (Wildman–Crippen LogP) is 3.13. The average molecular weight is 298 g/mol. The maximum Gasteiger partial charge on any atom is 0.0931 e. The minimum Gasteiger partial charge on any atom is -0.316 e. The van der Waals surface area contributed by atoms with Crippen LogP contribution in [0.25, 0.3) is 0 Å². The smallest absolute Gasteiger partial charge is 0.0931 e. The van der Waals surface area contributed by atoms with Gasteiger partial charge in [0.25, 0.3) is 0 Å². The quantitative estimate of drug-likeness (QED) is 0.919. The first-order chi connectivity index (χ1) is 9.01. The Kier molecular flexibility index (Phi) is 4.66. The zero-order chi connectivity index (χ0) is 14.0. The van der Waals surface area contributed by atoms with E-state index in [-0.39, 0.29) is 0 Å². The zero-order valence-electron chi connectivity index (χ0n) is 11.8. The van der Waals surface area contributed by atoms with Crippen LogP contribution in [-0.4, -0.2) is 22.9 Å². The standard InChI is InChI=1S/C14H20ClN3S/c1-9-13(10(2)18(4)17-9)8-11(16-3)7-12-5-6-14(15)19-12/h5-6,11,16H,7-8H2,1-4H3. The number of halogens is 1. The number of likely N-dealkylation sites (N-methyl/N-ethyl adjacent to an activating group) is 1. The van der Waals surface area contributed by atoms with Crippen molar-refractivity contribution >= 4 is 22.9 Å². The van der Waals surface area contributed by atoms with Crippen LogP contribution in [0.3, 0.4) is 0 Å². The molecule has 0 bridgehead atoms. The molecule has 0 aliphatic heterocycles. The van der Waals surface area contributed by atoms with Gasteiger partial charge in [0.15, 0.2) is 0 Å². The summed E-state index contributed by atoms with van der Waals surface area (Å²) in [4.78, 5) is 1.32. The number of nitrogens with zero attached hydrogens (tertiary/aromatic N) is 2. The van der Waals surface area contributed by atoms with Crippen molar-refractivity contribution in [3.05, 3.63) is 38.3 Å². The number of aromatic nitrogens is 2. The third kappa shape index (κ3) is 3.38. The van der Waals surface area contributed by atoms with Crippen molar-refractivity contribution < 1.29 is 0 Å². The van der Waals surface area contributed by atoms with Crippen molar-refractivity contribution in [3.8, 4) is 0 Å². The lowest BCUT2D eigenvalue weighted by Crippen LogP contribution is -2.30. The molecule has 0 spiro atoms. The van der Waals surface area contributed by atoms with Crippen LogP contribution in [0.15, 0.2) is 12.1 Å². The van der Waals surface area contributed by atoms with Gasteiger partial charge < -0.3 is 5.32 Å². The molecule has 0 aliphatic carbocycles. The summed E-state index contributed by atoms with van der Waals surface area (Å²) in [5.41, 5.74) is 3.73. The van der Waals surface area contributed by atoms with Crippen molar-refractivity contribution in [2.75, 3.05) is 7.05 Å². The van der Waals surface area contributed by atoms with E-state index < -0.39 is 0 Å². The number of rotatable bonds is 5. The van der Waals surface area contributed by atoms with E-state index in [0.717, 1.165) is 22.9 Å². The molecule has 1 N–H and O–H groups in total. The number of thiophene rings is 1. The molecule has 19 heavy (non-hydrogen) atoms. The highest BCUT2D eigenvalue weighted by atomic mass is 35.5. The van der Waals surface area contributed by atoms with Gasteiger partial charge >= 0.3 is 0 Å². The van der Waals surface area contributed by atoms with Crippen LogP contribution in [-0.2, 0) is 19.9 Å². The van der Waals surface area contributed by atoms with Crippen LogP contribution in [0.2, 0.25) is 4.34 Å². The first-order valence-corrected chi connectivity index (χ1v) is 7.61. The second-order valence-corrected chi connectivity index (χ2v) is 6.67. The molecule has 0 saturated heterocycles. The molecule has 2 aromatic heterocycles. The summed E-state index contributed by atoms with van der Waals surface area (Å²) >= 11 is 7.65. The summed E-state index contributed by atoms with van der Waals surface area (Å²) in [5, 5.41) is 7.88. The molecule has 1 atom stereocenters. The molecule has 1 unspecified atom stereocenters.